The maximum Gasteiger partial charge on any atom is 0.253 e. The molecule has 0 radical (unpaired) electrons. The highest BCUT2D eigenvalue weighted by atomic mass is 79.9. The van der Waals surface area contributed by atoms with E-state index in [1.807, 2.05) is 36.1 Å². The minimum absolute atomic E-state index is 0.0300. The molecule has 2 amide bonds. The molecule has 1 aliphatic heterocycles. The summed E-state index contributed by atoms with van der Waals surface area (Å²) in [5, 5.41) is 3.07. The Morgan fingerprint density at radius 1 is 1.22 bits per heavy atom. The molecule has 1 saturated heterocycles. The van der Waals surface area contributed by atoms with Gasteiger partial charge in [0.05, 0.1) is 11.3 Å². The van der Waals surface area contributed by atoms with Crippen LogP contribution in [-0.2, 0) is 0 Å². The maximum atomic E-state index is 14.2. The number of halogens is 2. The SMILES string of the molecule is Cc1ccccc1C(=O)NC1CCN(c2cc(Br)cc(F)c2C(N)=O)CC1. The van der Waals surface area contributed by atoms with Crippen molar-refractivity contribution in [2.75, 3.05) is 18.0 Å². The number of hydrogen-bond donors (Lipinski definition) is 2. The van der Waals surface area contributed by atoms with E-state index in [0.717, 1.165) is 5.56 Å². The molecule has 0 saturated carbocycles. The summed E-state index contributed by atoms with van der Waals surface area (Å²) >= 11 is 3.26. The highest BCUT2D eigenvalue weighted by molar-refractivity contribution is 9.10. The number of anilines is 1. The fourth-order valence-corrected chi connectivity index (χ4v) is 3.83. The molecule has 27 heavy (non-hydrogen) atoms. The smallest absolute Gasteiger partial charge is 0.253 e. The van der Waals surface area contributed by atoms with Gasteiger partial charge >= 0.3 is 0 Å². The Kier molecular flexibility index (Phi) is 5.79. The highest BCUT2D eigenvalue weighted by Gasteiger charge is 2.26. The zero-order valence-corrected chi connectivity index (χ0v) is 16.6. The van der Waals surface area contributed by atoms with Crippen LogP contribution in [0.4, 0.5) is 10.1 Å². The molecule has 2 aromatic rings. The number of piperidine rings is 1. The Morgan fingerprint density at radius 3 is 2.52 bits per heavy atom. The van der Waals surface area contributed by atoms with Gasteiger partial charge in [-0.25, -0.2) is 4.39 Å². The minimum Gasteiger partial charge on any atom is -0.371 e. The summed E-state index contributed by atoms with van der Waals surface area (Å²) < 4.78 is 14.7. The van der Waals surface area contributed by atoms with E-state index in [9.17, 15) is 14.0 Å². The van der Waals surface area contributed by atoms with Crippen LogP contribution in [0.1, 0.15) is 39.1 Å². The summed E-state index contributed by atoms with van der Waals surface area (Å²) in [6.07, 6.45) is 1.40. The van der Waals surface area contributed by atoms with E-state index in [-0.39, 0.29) is 17.5 Å². The van der Waals surface area contributed by atoms with Crippen molar-refractivity contribution < 1.29 is 14.0 Å². The lowest BCUT2D eigenvalue weighted by Gasteiger charge is -2.35. The van der Waals surface area contributed by atoms with Gasteiger partial charge in [-0.1, -0.05) is 34.1 Å². The van der Waals surface area contributed by atoms with Crippen molar-refractivity contribution >= 4 is 33.4 Å². The number of hydrogen-bond acceptors (Lipinski definition) is 3. The van der Waals surface area contributed by atoms with Crippen molar-refractivity contribution in [1.29, 1.82) is 0 Å². The predicted octanol–water partition coefficient (Wildman–Crippen LogP) is 3.39. The number of nitrogens with zero attached hydrogens (tertiary/aromatic N) is 1. The Balaban J connectivity index is 1.69. The molecule has 2 aromatic carbocycles. The Hall–Kier alpha value is -2.41. The second-order valence-corrected chi connectivity index (χ2v) is 7.61. The van der Waals surface area contributed by atoms with Crippen LogP contribution in [0, 0.1) is 12.7 Å². The largest absolute Gasteiger partial charge is 0.371 e. The number of carbonyl (C=O) groups excluding carboxylic acids is 2. The van der Waals surface area contributed by atoms with Crippen LogP contribution in [-0.4, -0.2) is 30.9 Å². The average Bonchev–Trinajstić information content (AvgIpc) is 2.61. The fraction of sp³-hybridized carbons (Fsp3) is 0.300. The van der Waals surface area contributed by atoms with Crippen molar-refractivity contribution in [2.24, 2.45) is 5.73 Å². The molecular weight excluding hydrogens is 413 g/mol. The van der Waals surface area contributed by atoms with Gasteiger partial charge in [-0.3, -0.25) is 9.59 Å². The molecule has 7 heteroatoms. The lowest BCUT2D eigenvalue weighted by molar-refractivity contribution is 0.0930. The molecule has 1 fully saturated rings. The molecule has 142 valence electrons. The van der Waals surface area contributed by atoms with Crippen LogP contribution in [0.25, 0.3) is 0 Å². The Morgan fingerprint density at radius 2 is 1.89 bits per heavy atom. The van der Waals surface area contributed by atoms with Gasteiger partial charge in [0.1, 0.15) is 5.82 Å². The van der Waals surface area contributed by atoms with E-state index in [4.69, 9.17) is 5.73 Å². The van der Waals surface area contributed by atoms with Crippen molar-refractivity contribution in [3.63, 3.8) is 0 Å². The van der Waals surface area contributed by atoms with Gasteiger partial charge in [0.25, 0.3) is 11.8 Å². The van der Waals surface area contributed by atoms with E-state index in [1.54, 1.807) is 6.07 Å². The molecule has 1 heterocycles. The monoisotopic (exact) mass is 433 g/mol. The van der Waals surface area contributed by atoms with Crippen LogP contribution < -0.4 is 16.0 Å². The van der Waals surface area contributed by atoms with Crippen LogP contribution in [0.3, 0.4) is 0 Å². The normalized spacial score (nSPS) is 14.9. The van der Waals surface area contributed by atoms with Crippen molar-refractivity contribution in [3.8, 4) is 0 Å². The first-order valence-corrected chi connectivity index (χ1v) is 9.56. The first kappa shape index (κ1) is 19.4. The van der Waals surface area contributed by atoms with Gasteiger partial charge < -0.3 is 16.0 Å². The van der Waals surface area contributed by atoms with E-state index in [1.165, 1.54) is 6.07 Å². The highest BCUT2D eigenvalue weighted by Crippen LogP contribution is 2.30. The molecule has 3 rings (SSSR count). The molecule has 5 nitrogen and oxygen atoms in total. The molecule has 0 atom stereocenters. The first-order valence-electron chi connectivity index (χ1n) is 8.77. The molecule has 0 unspecified atom stereocenters. The van der Waals surface area contributed by atoms with Gasteiger partial charge in [0.2, 0.25) is 0 Å². The van der Waals surface area contributed by atoms with E-state index in [0.29, 0.717) is 41.7 Å². The summed E-state index contributed by atoms with van der Waals surface area (Å²) in [6.45, 7) is 3.09. The number of nitrogens with one attached hydrogen (secondary N) is 1. The van der Waals surface area contributed by atoms with Crippen molar-refractivity contribution in [3.05, 3.63) is 63.4 Å². The van der Waals surface area contributed by atoms with Gasteiger partial charge in [-0.2, -0.15) is 0 Å². The van der Waals surface area contributed by atoms with Crippen molar-refractivity contribution in [2.45, 2.75) is 25.8 Å². The zero-order valence-electron chi connectivity index (χ0n) is 15.0. The standard InChI is InChI=1S/C20H21BrFN3O2/c1-12-4-2-3-5-15(12)20(27)24-14-6-8-25(9-7-14)17-11-13(21)10-16(22)18(17)19(23)26/h2-5,10-11,14H,6-9H2,1H3,(H2,23,26)(H,24,27). The lowest BCUT2D eigenvalue weighted by Crippen LogP contribution is -2.45. The lowest BCUT2D eigenvalue weighted by atomic mass is 10.0. The first-order chi connectivity index (χ1) is 12.9. The van der Waals surface area contributed by atoms with Crippen LogP contribution in [0.5, 0.6) is 0 Å². The summed E-state index contributed by atoms with van der Waals surface area (Å²) in [5.41, 5.74) is 7.36. The quantitative estimate of drug-likeness (QED) is 0.775. The molecule has 0 aliphatic carbocycles. The van der Waals surface area contributed by atoms with Gasteiger partial charge in [0, 0.05) is 29.2 Å². The second-order valence-electron chi connectivity index (χ2n) is 6.70. The third kappa shape index (κ3) is 4.30. The number of primary amides is 1. The van der Waals surface area contributed by atoms with Crippen molar-refractivity contribution in [1.82, 2.24) is 5.32 Å². The third-order valence-electron chi connectivity index (χ3n) is 4.84. The molecule has 0 spiro atoms. The fourth-order valence-electron chi connectivity index (χ4n) is 3.41. The summed E-state index contributed by atoms with van der Waals surface area (Å²) in [5.74, 6) is -1.51. The number of carbonyl (C=O) groups is 2. The predicted molar refractivity (Wildman–Crippen MR) is 106 cm³/mol. The zero-order chi connectivity index (χ0) is 19.6. The Labute approximate surface area is 165 Å². The number of benzene rings is 2. The van der Waals surface area contributed by atoms with Crippen LogP contribution in [0.2, 0.25) is 0 Å². The third-order valence-corrected chi connectivity index (χ3v) is 5.30. The Bertz CT molecular complexity index is 880. The number of nitrogens with two attached hydrogens (primary N) is 1. The molecule has 0 aromatic heterocycles. The molecule has 3 N–H and O–H groups in total. The summed E-state index contributed by atoms with van der Waals surface area (Å²) in [4.78, 5) is 26.1. The summed E-state index contributed by atoms with van der Waals surface area (Å²) in [6, 6.07) is 10.4. The second kappa shape index (κ2) is 8.08. The van der Waals surface area contributed by atoms with Gasteiger partial charge in [0.15, 0.2) is 0 Å². The van der Waals surface area contributed by atoms with Gasteiger partial charge in [-0.05, 0) is 43.5 Å². The van der Waals surface area contributed by atoms with E-state index < -0.39 is 11.7 Å². The summed E-state index contributed by atoms with van der Waals surface area (Å²) in [7, 11) is 0. The van der Waals surface area contributed by atoms with Crippen LogP contribution >= 0.6 is 15.9 Å². The maximum absolute atomic E-state index is 14.2. The number of rotatable bonds is 4. The van der Waals surface area contributed by atoms with Crippen LogP contribution in [0.15, 0.2) is 40.9 Å². The molecule has 0 bridgehead atoms. The number of amides is 2. The van der Waals surface area contributed by atoms with E-state index in [2.05, 4.69) is 21.2 Å². The van der Waals surface area contributed by atoms with E-state index >= 15 is 0 Å². The number of aryl methyl sites for hydroxylation is 1. The van der Waals surface area contributed by atoms with Gasteiger partial charge in [-0.15, -0.1) is 0 Å². The molecular formula is C20H21BrFN3O2. The molecule has 1 aliphatic rings. The topological polar surface area (TPSA) is 75.4 Å². The minimum atomic E-state index is -0.787. The average molecular weight is 434 g/mol.